The Kier molecular flexibility index (Phi) is 5.22. The van der Waals surface area contributed by atoms with Gasteiger partial charge >= 0.3 is 0 Å². The molecule has 4 nitrogen and oxygen atoms in total. The van der Waals surface area contributed by atoms with Crippen molar-refractivity contribution in [3.63, 3.8) is 0 Å². The molecule has 1 heterocycles. The van der Waals surface area contributed by atoms with Crippen molar-refractivity contribution in [1.82, 2.24) is 4.90 Å². The molecule has 2 fully saturated rings. The summed E-state index contributed by atoms with van der Waals surface area (Å²) in [5, 5.41) is 0. The first-order valence-corrected chi connectivity index (χ1v) is 7.83. The van der Waals surface area contributed by atoms with Crippen LogP contribution >= 0.6 is 0 Å². The molecule has 1 aliphatic heterocycles. The summed E-state index contributed by atoms with van der Waals surface area (Å²) in [5.74, 6) is 0.310. The molecular formula is C15H28N2O2. The van der Waals surface area contributed by atoms with Gasteiger partial charge < -0.3 is 15.4 Å². The van der Waals surface area contributed by atoms with E-state index in [1.165, 1.54) is 6.42 Å². The van der Waals surface area contributed by atoms with E-state index in [9.17, 15) is 4.79 Å². The average molecular weight is 268 g/mol. The Bertz CT molecular complexity index is 293. The van der Waals surface area contributed by atoms with Crippen molar-refractivity contribution >= 4 is 5.91 Å². The summed E-state index contributed by atoms with van der Waals surface area (Å²) in [6.07, 6.45) is 7.80. The molecular weight excluding hydrogens is 240 g/mol. The second-order valence-electron chi connectivity index (χ2n) is 5.99. The number of rotatable bonds is 4. The number of hydrogen-bond donors (Lipinski definition) is 1. The van der Waals surface area contributed by atoms with E-state index in [1.54, 1.807) is 0 Å². The van der Waals surface area contributed by atoms with Crippen LogP contribution in [0.25, 0.3) is 0 Å². The Balaban J connectivity index is 1.92. The Labute approximate surface area is 116 Å². The monoisotopic (exact) mass is 268 g/mol. The number of nitrogens with two attached hydrogens (primary N) is 1. The first kappa shape index (κ1) is 14.8. The molecule has 0 bridgehead atoms. The quantitative estimate of drug-likeness (QED) is 0.847. The van der Waals surface area contributed by atoms with Gasteiger partial charge in [0.25, 0.3) is 0 Å². The van der Waals surface area contributed by atoms with Gasteiger partial charge in [0.1, 0.15) is 0 Å². The molecule has 19 heavy (non-hydrogen) atoms. The Morgan fingerprint density at radius 3 is 2.42 bits per heavy atom. The van der Waals surface area contributed by atoms with Crippen LogP contribution in [0.1, 0.15) is 51.9 Å². The maximum absolute atomic E-state index is 12.8. The van der Waals surface area contributed by atoms with E-state index in [0.717, 1.165) is 58.2 Å². The lowest BCUT2D eigenvalue weighted by molar-refractivity contribution is -0.146. The minimum Gasteiger partial charge on any atom is -0.378 e. The van der Waals surface area contributed by atoms with Gasteiger partial charge in [0.2, 0.25) is 5.91 Å². The van der Waals surface area contributed by atoms with Gasteiger partial charge in [0, 0.05) is 26.2 Å². The number of ether oxygens (including phenoxy) is 1. The second kappa shape index (κ2) is 6.71. The molecule has 0 aromatic carbocycles. The maximum Gasteiger partial charge on any atom is 0.230 e. The summed E-state index contributed by atoms with van der Waals surface area (Å²) < 4.78 is 5.65. The van der Waals surface area contributed by atoms with E-state index in [2.05, 4.69) is 0 Å². The third-order valence-corrected chi connectivity index (χ3v) is 4.79. The fourth-order valence-electron chi connectivity index (χ4n) is 3.53. The minimum atomic E-state index is -0.253. The lowest BCUT2D eigenvalue weighted by atomic mass is 9.73. The topological polar surface area (TPSA) is 55.6 Å². The number of piperidine rings is 1. The zero-order valence-corrected chi connectivity index (χ0v) is 12.2. The number of hydrogen-bond acceptors (Lipinski definition) is 3. The molecule has 0 aromatic rings. The lowest BCUT2D eigenvalue weighted by Crippen LogP contribution is -2.52. The maximum atomic E-state index is 12.8. The van der Waals surface area contributed by atoms with Gasteiger partial charge in [0.15, 0.2) is 0 Å². The number of carbonyl (C=O) groups is 1. The van der Waals surface area contributed by atoms with Gasteiger partial charge in [-0.05, 0) is 32.6 Å². The first-order chi connectivity index (χ1) is 9.22. The highest BCUT2D eigenvalue weighted by molar-refractivity contribution is 5.83. The highest BCUT2D eigenvalue weighted by Gasteiger charge is 2.41. The molecule has 0 radical (unpaired) electrons. The molecule has 0 atom stereocenters. The fraction of sp³-hybridized carbons (Fsp3) is 0.933. The molecule has 2 aliphatic rings. The number of amides is 1. The molecule has 1 amide bonds. The average Bonchev–Trinajstić information content (AvgIpc) is 2.48. The van der Waals surface area contributed by atoms with E-state index in [1.807, 2.05) is 11.8 Å². The van der Waals surface area contributed by atoms with Crippen LogP contribution in [0.4, 0.5) is 0 Å². The molecule has 0 aromatic heterocycles. The fourth-order valence-corrected chi connectivity index (χ4v) is 3.53. The van der Waals surface area contributed by atoms with Gasteiger partial charge in [-0.15, -0.1) is 0 Å². The van der Waals surface area contributed by atoms with Gasteiger partial charge in [-0.1, -0.05) is 19.3 Å². The molecule has 2 rings (SSSR count). The normalized spacial score (nSPS) is 24.4. The van der Waals surface area contributed by atoms with Crippen LogP contribution in [0.2, 0.25) is 0 Å². The van der Waals surface area contributed by atoms with Crippen molar-refractivity contribution in [3.8, 4) is 0 Å². The van der Waals surface area contributed by atoms with Crippen LogP contribution in [0.15, 0.2) is 0 Å². The second-order valence-corrected chi connectivity index (χ2v) is 5.99. The highest BCUT2D eigenvalue weighted by Crippen LogP contribution is 2.37. The van der Waals surface area contributed by atoms with Crippen molar-refractivity contribution in [2.45, 2.75) is 58.0 Å². The third kappa shape index (κ3) is 3.29. The SMILES string of the molecule is CCOC1CCN(C(=O)C2(CN)CCCCC2)CC1. The molecule has 0 unspecified atom stereocenters. The van der Waals surface area contributed by atoms with Crippen molar-refractivity contribution in [2.75, 3.05) is 26.2 Å². The molecule has 1 saturated carbocycles. The smallest absolute Gasteiger partial charge is 0.230 e. The van der Waals surface area contributed by atoms with E-state index >= 15 is 0 Å². The number of nitrogens with zero attached hydrogens (tertiary/aromatic N) is 1. The standard InChI is InChI=1S/C15H28N2O2/c1-2-19-13-6-10-17(11-7-13)14(18)15(12-16)8-4-3-5-9-15/h13H,2-12,16H2,1H3. The van der Waals surface area contributed by atoms with Crippen molar-refractivity contribution in [1.29, 1.82) is 0 Å². The van der Waals surface area contributed by atoms with Crippen LogP contribution in [0.5, 0.6) is 0 Å². The lowest BCUT2D eigenvalue weighted by Gasteiger charge is -2.41. The summed E-state index contributed by atoms with van der Waals surface area (Å²) in [4.78, 5) is 14.8. The number of likely N-dealkylation sites (tertiary alicyclic amines) is 1. The molecule has 4 heteroatoms. The molecule has 1 saturated heterocycles. The van der Waals surface area contributed by atoms with Crippen molar-refractivity contribution in [3.05, 3.63) is 0 Å². The summed E-state index contributed by atoms with van der Waals surface area (Å²) >= 11 is 0. The number of carbonyl (C=O) groups excluding carboxylic acids is 1. The van der Waals surface area contributed by atoms with Crippen LogP contribution in [0.3, 0.4) is 0 Å². The molecule has 0 spiro atoms. The van der Waals surface area contributed by atoms with Crippen molar-refractivity contribution in [2.24, 2.45) is 11.1 Å². The zero-order chi connectivity index (χ0) is 13.7. The third-order valence-electron chi connectivity index (χ3n) is 4.79. The molecule has 1 aliphatic carbocycles. The van der Waals surface area contributed by atoms with Gasteiger partial charge in [-0.2, -0.15) is 0 Å². The Hall–Kier alpha value is -0.610. The van der Waals surface area contributed by atoms with E-state index in [0.29, 0.717) is 18.6 Å². The van der Waals surface area contributed by atoms with Gasteiger partial charge in [0.05, 0.1) is 11.5 Å². The molecule has 110 valence electrons. The van der Waals surface area contributed by atoms with E-state index in [4.69, 9.17) is 10.5 Å². The summed E-state index contributed by atoms with van der Waals surface area (Å²) in [6.45, 7) is 4.99. The zero-order valence-electron chi connectivity index (χ0n) is 12.2. The predicted molar refractivity (Wildman–Crippen MR) is 75.8 cm³/mol. The first-order valence-electron chi connectivity index (χ1n) is 7.83. The largest absolute Gasteiger partial charge is 0.378 e. The predicted octanol–water partition coefficient (Wildman–Crippen LogP) is 1.92. The van der Waals surface area contributed by atoms with Crippen LogP contribution in [-0.2, 0) is 9.53 Å². The van der Waals surface area contributed by atoms with E-state index < -0.39 is 0 Å². The van der Waals surface area contributed by atoms with Crippen LogP contribution in [0, 0.1) is 5.41 Å². The summed E-state index contributed by atoms with van der Waals surface area (Å²) in [5.41, 5.74) is 5.70. The van der Waals surface area contributed by atoms with Crippen molar-refractivity contribution < 1.29 is 9.53 Å². The molecule has 2 N–H and O–H groups in total. The minimum absolute atomic E-state index is 0.253. The van der Waals surface area contributed by atoms with E-state index in [-0.39, 0.29) is 5.41 Å². The van der Waals surface area contributed by atoms with Crippen LogP contribution < -0.4 is 5.73 Å². The summed E-state index contributed by atoms with van der Waals surface area (Å²) in [7, 11) is 0. The highest BCUT2D eigenvalue weighted by atomic mass is 16.5. The Morgan fingerprint density at radius 1 is 1.26 bits per heavy atom. The summed E-state index contributed by atoms with van der Waals surface area (Å²) in [6, 6.07) is 0. The van der Waals surface area contributed by atoms with Crippen LogP contribution in [-0.4, -0.2) is 43.2 Å². The van der Waals surface area contributed by atoms with Gasteiger partial charge in [-0.3, -0.25) is 4.79 Å². The van der Waals surface area contributed by atoms with Gasteiger partial charge in [-0.25, -0.2) is 0 Å². The Morgan fingerprint density at radius 2 is 1.89 bits per heavy atom.